The van der Waals surface area contributed by atoms with Gasteiger partial charge in [-0.15, -0.1) is 0 Å². The molecule has 1 aliphatic heterocycles. The van der Waals surface area contributed by atoms with Crippen molar-refractivity contribution >= 4 is 12.2 Å². The lowest BCUT2D eigenvalue weighted by Crippen LogP contribution is -2.15. The van der Waals surface area contributed by atoms with Crippen molar-refractivity contribution in [2.75, 3.05) is 13.2 Å². The van der Waals surface area contributed by atoms with E-state index >= 15 is 0 Å². The molecule has 0 saturated heterocycles. The zero-order valence-corrected chi connectivity index (χ0v) is 9.92. The van der Waals surface area contributed by atoms with Crippen molar-refractivity contribution in [2.45, 2.75) is 0 Å². The molecule has 0 radical (unpaired) electrons. The molecule has 86 valence electrons. The molecule has 1 N–H and O–H groups in total. The lowest BCUT2D eigenvalue weighted by molar-refractivity contribution is 0.171. The second-order valence-corrected chi connectivity index (χ2v) is 4.27. The number of hydrogen-bond donors (Lipinski definition) is 1. The van der Waals surface area contributed by atoms with E-state index in [0.29, 0.717) is 13.2 Å². The van der Waals surface area contributed by atoms with E-state index in [0.717, 1.165) is 27.3 Å². The van der Waals surface area contributed by atoms with Crippen LogP contribution in [0.25, 0.3) is 11.3 Å². The first kappa shape index (κ1) is 10.4. The summed E-state index contributed by atoms with van der Waals surface area (Å²) >= 11 is 5.14. The molecule has 4 heteroatoms. The number of hydrogen-bond acceptors (Lipinski definition) is 3. The molecule has 0 atom stereocenters. The largest absolute Gasteiger partial charge is 0.486 e. The Labute approximate surface area is 104 Å². The van der Waals surface area contributed by atoms with Crippen LogP contribution in [0, 0.1) is 4.51 Å². The third-order valence-electron chi connectivity index (χ3n) is 2.63. The van der Waals surface area contributed by atoms with Crippen molar-refractivity contribution in [3.63, 3.8) is 0 Å². The van der Waals surface area contributed by atoms with Crippen LogP contribution < -0.4 is 9.47 Å². The molecule has 0 unspecified atom stereocenters. The van der Waals surface area contributed by atoms with E-state index < -0.39 is 0 Å². The molecule has 3 rings (SSSR count). The highest BCUT2D eigenvalue weighted by molar-refractivity contribution is 7.71. The van der Waals surface area contributed by atoms with E-state index in [-0.39, 0.29) is 0 Å². The summed E-state index contributed by atoms with van der Waals surface area (Å²) in [6, 6.07) is 9.68. The Morgan fingerprint density at radius 2 is 1.82 bits per heavy atom. The monoisotopic (exact) mass is 245 g/mol. The van der Waals surface area contributed by atoms with Gasteiger partial charge in [0.15, 0.2) is 11.5 Å². The van der Waals surface area contributed by atoms with E-state index in [9.17, 15) is 0 Å². The number of pyridine rings is 1. The predicted molar refractivity (Wildman–Crippen MR) is 68.1 cm³/mol. The van der Waals surface area contributed by atoms with Crippen LogP contribution in [0.15, 0.2) is 36.5 Å². The highest BCUT2D eigenvalue weighted by Crippen LogP contribution is 2.33. The Morgan fingerprint density at radius 1 is 1.00 bits per heavy atom. The maximum absolute atomic E-state index is 5.55. The number of aromatic nitrogens is 1. The lowest BCUT2D eigenvalue weighted by atomic mass is 10.1. The first-order valence-corrected chi connectivity index (χ1v) is 5.82. The topological polar surface area (TPSA) is 34.2 Å². The molecule has 1 aliphatic rings. The van der Waals surface area contributed by atoms with Crippen molar-refractivity contribution in [1.29, 1.82) is 0 Å². The number of H-pyrrole nitrogens is 1. The maximum atomic E-state index is 5.55. The van der Waals surface area contributed by atoms with E-state index in [1.807, 2.05) is 36.5 Å². The molecule has 1 aromatic carbocycles. The zero-order chi connectivity index (χ0) is 11.7. The van der Waals surface area contributed by atoms with Crippen molar-refractivity contribution in [2.24, 2.45) is 0 Å². The molecule has 2 heterocycles. The Hall–Kier alpha value is -1.81. The predicted octanol–water partition coefficient (Wildman–Crippen LogP) is 3.18. The SMILES string of the molecule is S=c1cc[nH]c(-c2ccc3c(c2)OCCO3)c1. The Bertz CT molecular complexity index is 606. The van der Waals surface area contributed by atoms with Crippen LogP contribution >= 0.6 is 12.2 Å². The van der Waals surface area contributed by atoms with E-state index in [1.165, 1.54) is 0 Å². The average molecular weight is 245 g/mol. The van der Waals surface area contributed by atoms with Crippen LogP contribution in [0.3, 0.4) is 0 Å². The summed E-state index contributed by atoms with van der Waals surface area (Å²) < 4.78 is 11.8. The molecule has 0 bridgehead atoms. The first-order chi connectivity index (χ1) is 8.33. The Balaban J connectivity index is 2.07. The standard InChI is InChI=1S/C13H11NO2S/c17-10-3-4-14-11(8-10)9-1-2-12-13(7-9)16-6-5-15-12/h1-4,7-8H,5-6H2,(H,14,17). The van der Waals surface area contributed by atoms with Crippen LogP contribution in [0.5, 0.6) is 11.5 Å². The molecule has 17 heavy (non-hydrogen) atoms. The van der Waals surface area contributed by atoms with Gasteiger partial charge in [0.25, 0.3) is 0 Å². The quantitative estimate of drug-likeness (QED) is 0.783. The van der Waals surface area contributed by atoms with Gasteiger partial charge in [-0.2, -0.15) is 0 Å². The average Bonchev–Trinajstić information content (AvgIpc) is 2.38. The third kappa shape index (κ3) is 2.03. The van der Waals surface area contributed by atoms with Gasteiger partial charge in [-0.1, -0.05) is 12.2 Å². The van der Waals surface area contributed by atoms with Crippen LogP contribution in [0.1, 0.15) is 0 Å². The summed E-state index contributed by atoms with van der Waals surface area (Å²) in [7, 11) is 0. The zero-order valence-electron chi connectivity index (χ0n) is 9.10. The molecule has 0 spiro atoms. The number of fused-ring (bicyclic) bond motifs is 1. The van der Waals surface area contributed by atoms with Gasteiger partial charge in [-0.05, 0) is 30.3 Å². The third-order valence-corrected chi connectivity index (χ3v) is 2.88. The van der Waals surface area contributed by atoms with Crippen LogP contribution in [0.4, 0.5) is 0 Å². The second-order valence-electron chi connectivity index (χ2n) is 3.80. The molecule has 0 saturated carbocycles. The van der Waals surface area contributed by atoms with Gasteiger partial charge in [0.2, 0.25) is 0 Å². The second kappa shape index (κ2) is 4.22. The number of rotatable bonds is 1. The minimum atomic E-state index is 0.598. The number of nitrogens with one attached hydrogen (secondary N) is 1. The fraction of sp³-hybridized carbons (Fsp3) is 0.154. The van der Waals surface area contributed by atoms with Crippen molar-refractivity contribution in [1.82, 2.24) is 4.98 Å². The minimum Gasteiger partial charge on any atom is -0.486 e. The normalized spacial score (nSPS) is 13.4. The highest BCUT2D eigenvalue weighted by atomic mass is 32.1. The summed E-state index contributed by atoms with van der Waals surface area (Å²) in [6.45, 7) is 1.21. The van der Waals surface area contributed by atoms with Crippen LogP contribution in [-0.4, -0.2) is 18.2 Å². The van der Waals surface area contributed by atoms with E-state index in [2.05, 4.69) is 4.98 Å². The first-order valence-electron chi connectivity index (χ1n) is 5.42. The smallest absolute Gasteiger partial charge is 0.162 e. The van der Waals surface area contributed by atoms with E-state index in [1.54, 1.807) is 0 Å². The lowest BCUT2D eigenvalue weighted by Gasteiger charge is -2.18. The van der Waals surface area contributed by atoms with Crippen molar-refractivity contribution < 1.29 is 9.47 Å². The van der Waals surface area contributed by atoms with Crippen LogP contribution in [0.2, 0.25) is 0 Å². The van der Waals surface area contributed by atoms with Gasteiger partial charge in [-0.25, -0.2) is 0 Å². The molecular formula is C13H11NO2S. The summed E-state index contributed by atoms with van der Waals surface area (Å²) in [4.78, 5) is 3.17. The molecule has 0 fully saturated rings. The summed E-state index contributed by atoms with van der Waals surface area (Å²) in [5, 5.41) is 0. The Morgan fingerprint density at radius 3 is 2.65 bits per heavy atom. The molecule has 3 nitrogen and oxygen atoms in total. The summed E-state index contributed by atoms with van der Waals surface area (Å²) in [5.74, 6) is 1.59. The van der Waals surface area contributed by atoms with Gasteiger partial charge in [-0.3, -0.25) is 0 Å². The van der Waals surface area contributed by atoms with Gasteiger partial charge in [0.05, 0.1) is 0 Å². The van der Waals surface area contributed by atoms with Gasteiger partial charge in [0, 0.05) is 22.0 Å². The molecule has 1 aromatic heterocycles. The molecular weight excluding hydrogens is 234 g/mol. The van der Waals surface area contributed by atoms with Crippen molar-refractivity contribution in [3.05, 3.63) is 41.0 Å². The minimum absolute atomic E-state index is 0.598. The van der Waals surface area contributed by atoms with Crippen molar-refractivity contribution in [3.8, 4) is 22.8 Å². The fourth-order valence-electron chi connectivity index (χ4n) is 1.82. The summed E-state index contributed by atoms with van der Waals surface area (Å²) in [6.07, 6.45) is 1.84. The van der Waals surface area contributed by atoms with Gasteiger partial charge in [0.1, 0.15) is 13.2 Å². The van der Waals surface area contributed by atoms with E-state index in [4.69, 9.17) is 21.7 Å². The summed E-state index contributed by atoms with van der Waals surface area (Å²) in [5.41, 5.74) is 2.02. The maximum Gasteiger partial charge on any atom is 0.162 e. The van der Waals surface area contributed by atoms with Gasteiger partial charge < -0.3 is 14.5 Å². The molecule has 0 aliphatic carbocycles. The fourth-order valence-corrected chi connectivity index (χ4v) is 2.01. The van der Waals surface area contributed by atoms with Crippen LogP contribution in [-0.2, 0) is 0 Å². The number of benzene rings is 1. The highest BCUT2D eigenvalue weighted by Gasteiger charge is 2.12. The molecule has 0 amide bonds. The number of ether oxygens (including phenoxy) is 2. The van der Waals surface area contributed by atoms with Gasteiger partial charge >= 0.3 is 0 Å². The molecule has 2 aromatic rings. The number of aromatic amines is 1. The Kier molecular flexibility index (Phi) is 2.57.